The number of ether oxygens (including phenoxy) is 1. The minimum atomic E-state index is -3.80. The molecule has 0 heterocycles. The van der Waals surface area contributed by atoms with Crippen molar-refractivity contribution >= 4 is 32.6 Å². The van der Waals surface area contributed by atoms with Gasteiger partial charge in [-0.25, -0.2) is 0 Å². The van der Waals surface area contributed by atoms with Crippen LogP contribution >= 0.6 is 0 Å². The van der Waals surface area contributed by atoms with Crippen molar-refractivity contribution in [1.82, 2.24) is 4.31 Å². The van der Waals surface area contributed by atoms with E-state index >= 15 is 0 Å². The second-order valence-corrected chi connectivity index (χ2v) is 10.8. The fraction of sp³-hybridized carbons (Fsp3) is 0.346. The predicted molar refractivity (Wildman–Crippen MR) is 134 cm³/mol. The number of nitrogens with one attached hydrogen (secondary N) is 1. The third-order valence-electron chi connectivity index (χ3n) is 6.14. The molecule has 8 heteroatoms. The smallest absolute Gasteiger partial charge is 0.303 e. The molecule has 1 aliphatic carbocycles. The van der Waals surface area contributed by atoms with Gasteiger partial charge in [-0.15, -0.1) is 0 Å². The Bertz CT molecular complexity index is 1300. The minimum Gasteiger partial charge on any atom is -0.488 e. The average molecular weight is 483 g/mol. The number of rotatable bonds is 9. The van der Waals surface area contributed by atoms with Gasteiger partial charge in [0, 0.05) is 26.1 Å². The highest BCUT2D eigenvalue weighted by Crippen LogP contribution is 2.42. The lowest BCUT2D eigenvalue weighted by atomic mass is 9.96. The summed E-state index contributed by atoms with van der Waals surface area (Å²) in [6, 6.07) is 17.7. The zero-order valence-corrected chi connectivity index (χ0v) is 20.3. The van der Waals surface area contributed by atoms with Crippen LogP contribution in [-0.4, -0.2) is 44.0 Å². The van der Waals surface area contributed by atoms with E-state index in [0.717, 1.165) is 57.5 Å². The van der Waals surface area contributed by atoms with E-state index in [1.807, 2.05) is 42.5 Å². The molecule has 0 saturated heterocycles. The Morgan fingerprint density at radius 3 is 2.44 bits per heavy atom. The largest absolute Gasteiger partial charge is 0.488 e. The summed E-state index contributed by atoms with van der Waals surface area (Å²) >= 11 is 0. The Morgan fingerprint density at radius 2 is 1.76 bits per heavy atom. The van der Waals surface area contributed by atoms with Crippen LogP contribution < -0.4 is 9.46 Å². The number of nitrogens with zero attached hydrogens (tertiary/aromatic N) is 1. The van der Waals surface area contributed by atoms with Crippen molar-refractivity contribution < 1.29 is 23.1 Å². The molecular formula is C26H30N2O5S. The highest BCUT2D eigenvalue weighted by atomic mass is 32.2. The molecule has 0 spiro atoms. The maximum absolute atomic E-state index is 12.8. The molecule has 0 aromatic heterocycles. The summed E-state index contributed by atoms with van der Waals surface area (Å²) in [6.07, 6.45) is 4.20. The number of carbonyl (C=O) groups is 1. The Morgan fingerprint density at radius 1 is 1.06 bits per heavy atom. The molecule has 0 bridgehead atoms. The number of hydrogen-bond donors (Lipinski definition) is 2. The first-order valence-corrected chi connectivity index (χ1v) is 12.9. The highest BCUT2D eigenvalue weighted by Gasteiger charge is 2.25. The molecule has 180 valence electrons. The van der Waals surface area contributed by atoms with Crippen molar-refractivity contribution in [2.45, 2.75) is 44.6 Å². The Hall–Kier alpha value is -3.10. The molecule has 0 amide bonds. The molecule has 1 fully saturated rings. The van der Waals surface area contributed by atoms with Crippen LogP contribution in [0.15, 0.2) is 54.6 Å². The summed E-state index contributed by atoms with van der Waals surface area (Å²) in [4.78, 5) is 11.2. The van der Waals surface area contributed by atoms with Gasteiger partial charge in [0.05, 0.1) is 11.8 Å². The summed E-state index contributed by atoms with van der Waals surface area (Å²) in [5, 5.41) is 11.4. The second kappa shape index (κ2) is 10.0. The first kappa shape index (κ1) is 24.0. The predicted octanol–water partition coefficient (Wildman–Crippen LogP) is 5.06. The van der Waals surface area contributed by atoms with Crippen molar-refractivity contribution in [2.75, 3.05) is 18.8 Å². The normalized spacial score (nSPS) is 14.6. The molecule has 1 aliphatic rings. The lowest BCUT2D eigenvalue weighted by Gasteiger charge is -2.23. The third kappa shape index (κ3) is 5.51. The molecule has 0 aliphatic heterocycles. The van der Waals surface area contributed by atoms with Gasteiger partial charge in [0.25, 0.3) is 0 Å². The molecular weight excluding hydrogens is 452 g/mol. The molecule has 1 saturated carbocycles. The van der Waals surface area contributed by atoms with Gasteiger partial charge in [-0.1, -0.05) is 36.4 Å². The van der Waals surface area contributed by atoms with Crippen LogP contribution in [-0.2, 0) is 21.4 Å². The van der Waals surface area contributed by atoms with Crippen LogP contribution in [0.3, 0.4) is 0 Å². The maximum Gasteiger partial charge on any atom is 0.303 e. The van der Waals surface area contributed by atoms with Gasteiger partial charge in [0.2, 0.25) is 0 Å². The lowest BCUT2D eigenvalue weighted by molar-refractivity contribution is -0.136. The van der Waals surface area contributed by atoms with Crippen LogP contribution in [0.5, 0.6) is 5.75 Å². The summed E-state index contributed by atoms with van der Waals surface area (Å²) in [6.45, 7) is 0. The van der Waals surface area contributed by atoms with Crippen LogP contribution in [0.4, 0.5) is 5.69 Å². The van der Waals surface area contributed by atoms with E-state index in [1.54, 1.807) is 6.07 Å². The molecule has 4 rings (SSSR count). The monoisotopic (exact) mass is 482 g/mol. The standard InChI is InChI=1S/C26H30N2O5S/c1-28(2)34(31,32)27-24-16-18(11-14-25(29)30)15-23(26(24)33-22-9-5-6-10-22)21-13-12-19-7-3-4-8-20(19)17-21/h3-4,7-8,12-13,15-17,22,27H,5-6,9-11,14H2,1-2H3,(H,29,30). The first-order valence-electron chi connectivity index (χ1n) is 11.5. The van der Waals surface area contributed by atoms with Crippen molar-refractivity contribution in [3.8, 4) is 16.9 Å². The molecule has 0 radical (unpaired) electrons. The highest BCUT2D eigenvalue weighted by molar-refractivity contribution is 7.90. The Kier molecular flexibility index (Phi) is 7.09. The number of aliphatic carboxylic acids is 1. The quantitative estimate of drug-likeness (QED) is 0.444. The zero-order chi connectivity index (χ0) is 24.3. The fourth-order valence-corrected chi connectivity index (χ4v) is 4.87. The molecule has 0 atom stereocenters. The number of carboxylic acids is 1. The topological polar surface area (TPSA) is 95.9 Å². The third-order valence-corrected chi connectivity index (χ3v) is 7.58. The SMILES string of the molecule is CN(C)S(=O)(=O)Nc1cc(CCC(=O)O)cc(-c2ccc3ccccc3c2)c1OC1CCCC1. The molecule has 7 nitrogen and oxygen atoms in total. The number of aryl methyl sites for hydroxylation is 1. The number of anilines is 1. The van der Waals surface area contributed by atoms with Crippen molar-refractivity contribution in [1.29, 1.82) is 0 Å². The number of fused-ring (bicyclic) bond motifs is 1. The molecule has 34 heavy (non-hydrogen) atoms. The number of benzene rings is 3. The van der Waals surface area contributed by atoms with E-state index in [2.05, 4.69) is 10.8 Å². The number of carboxylic acid groups (broad SMARTS) is 1. The van der Waals surface area contributed by atoms with Gasteiger partial charge >= 0.3 is 16.2 Å². The van der Waals surface area contributed by atoms with Crippen LogP contribution in [0.1, 0.15) is 37.7 Å². The van der Waals surface area contributed by atoms with Gasteiger partial charge in [-0.3, -0.25) is 9.52 Å². The zero-order valence-electron chi connectivity index (χ0n) is 19.5. The molecule has 2 N–H and O–H groups in total. The second-order valence-electron chi connectivity index (χ2n) is 8.89. The van der Waals surface area contributed by atoms with Crippen LogP contribution in [0.2, 0.25) is 0 Å². The van der Waals surface area contributed by atoms with E-state index < -0.39 is 16.2 Å². The van der Waals surface area contributed by atoms with E-state index in [4.69, 9.17) is 4.74 Å². The van der Waals surface area contributed by atoms with Gasteiger partial charge in [-0.2, -0.15) is 12.7 Å². The molecule has 0 unspecified atom stereocenters. The Balaban J connectivity index is 1.89. The van der Waals surface area contributed by atoms with Crippen LogP contribution in [0, 0.1) is 0 Å². The Labute approximate surface area is 200 Å². The first-order chi connectivity index (χ1) is 16.2. The van der Waals surface area contributed by atoms with Crippen molar-refractivity contribution in [3.63, 3.8) is 0 Å². The van der Waals surface area contributed by atoms with Crippen molar-refractivity contribution in [2.24, 2.45) is 0 Å². The summed E-state index contributed by atoms with van der Waals surface area (Å²) in [5.41, 5.74) is 2.68. The summed E-state index contributed by atoms with van der Waals surface area (Å²) in [5.74, 6) is -0.430. The van der Waals surface area contributed by atoms with Crippen molar-refractivity contribution in [3.05, 3.63) is 60.2 Å². The van der Waals surface area contributed by atoms with Gasteiger partial charge in [0.1, 0.15) is 0 Å². The summed E-state index contributed by atoms with van der Waals surface area (Å²) < 4.78 is 35.7. The average Bonchev–Trinajstić information content (AvgIpc) is 3.31. The van der Waals surface area contributed by atoms with Crippen LogP contribution in [0.25, 0.3) is 21.9 Å². The van der Waals surface area contributed by atoms with Gasteiger partial charge in [-0.05, 0) is 72.2 Å². The van der Waals surface area contributed by atoms with E-state index in [9.17, 15) is 18.3 Å². The van der Waals surface area contributed by atoms with Gasteiger partial charge < -0.3 is 9.84 Å². The minimum absolute atomic E-state index is 0.00619. The summed E-state index contributed by atoms with van der Waals surface area (Å²) in [7, 11) is -0.889. The maximum atomic E-state index is 12.8. The van der Waals surface area contributed by atoms with E-state index in [1.165, 1.54) is 14.1 Å². The molecule has 3 aromatic carbocycles. The number of hydrogen-bond acceptors (Lipinski definition) is 4. The molecule has 3 aromatic rings. The lowest BCUT2D eigenvalue weighted by Crippen LogP contribution is -2.29. The fourth-order valence-electron chi connectivity index (χ4n) is 4.26. The van der Waals surface area contributed by atoms with E-state index in [0.29, 0.717) is 11.4 Å². The van der Waals surface area contributed by atoms with Gasteiger partial charge in [0.15, 0.2) is 5.75 Å². The van der Waals surface area contributed by atoms with E-state index in [-0.39, 0.29) is 18.9 Å².